The van der Waals surface area contributed by atoms with Gasteiger partial charge in [0.05, 0.1) is 5.69 Å². The van der Waals surface area contributed by atoms with Gasteiger partial charge >= 0.3 is 0 Å². The van der Waals surface area contributed by atoms with Crippen molar-refractivity contribution in [3.8, 4) is 0 Å². The average Bonchev–Trinajstić information content (AvgIpc) is 2.64. The molecular weight excluding hydrogens is 338 g/mol. The fraction of sp³-hybridized carbons (Fsp3) is 0.400. The monoisotopic (exact) mass is 355 g/mol. The second-order valence-corrected chi connectivity index (χ2v) is 6.12. The normalized spacial score (nSPS) is 12.7. The Morgan fingerprint density at radius 3 is 2.75 bits per heavy atom. The van der Waals surface area contributed by atoms with Gasteiger partial charge in [-0.1, -0.05) is 46.6 Å². The second kappa shape index (κ2) is 6.74. The molecule has 0 fully saturated rings. The molecule has 1 unspecified atom stereocenters. The van der Waals surface area contributed by atoms with Gasteiger partial charge in [-0.25, -0.2) is 0 Å². The summed E-state index contributed by atoms with van der Waals surface area (Å²) in [6.07, 6.45) is 0.836. The van der Waals surface area contributed by atoms with Gasteiger partial charge in [0.25, 0.3) is 0 Å². The van der Waals surface area contributed by atoms with Crippen molar-refractivity contribution < 1.29 is 0 Å². The van der Waals surface area contributed by atoms with Crippen LogP contribution in [0, 0.1) is 6.92 Å². The maximum atomic E-state index is 6.34. The first-order chi connectivity index (χ1) is 9.52. The topological polar surface area (TPSA) is 29.9 Å². The number of likely N-dealkylation sites (N-methyl/N-ethyl adjacent to an activating group) is 1. The fourth-order valence-corrected chi connectivity index (χ4v) is 3.06. The van der Waals surface area contributed by atoms with Crippen LogP contribution in [0.1, 0.15) is 29.8 Å². The molecule has 20 heavy (non-hydrogen) atoms. The van der Waals surface area contributed by atoms with Crippen molar-refractivity contribution in [1.29, 1.82) is 0 Å². The van der Waals surface area contributed by atoms with E-state index >= 15 is 0 Å². The van der Waals surface area contributed by atoms with Gasteiger partial charge in [0, 0.05) is 23.1 Å². The molecule has 0 saturated carbocycles. The van der Waals surface area contributed by atoms with Crippen molar-refractivity contribution in [2.45, 2.75) is 26.3 Å². The van der Waals surface area contributed by atoms with Crippen LogP contribution in [0.25, 0.3) is 0 Å². The number of nitrogens with one attached hydrogen (secondary N) is 1. The Labute approximate surface area is 133 Å². The Kier molecular flexibility index (Phi) is 5.24. The third-order valence-corrected chi connectivity index (χ3v) is 4.35. The molecule has 5 heteroatoms. The van der Waals surface area contributed by atoms with Gasteiger partial charge in [0.1, 0.15) is 5.15 Å². The molecule has 1 aromatic carbocycles. The molecule has 1 N–H and O–H groups in total. The smallest absolute Gasteiger partial charge is 0.130 e. The van der Waals surface area contributed by atoms with Crippen LogP contribution in [0.15, 0.2) is 28.7 Å². The van der Waals surface area contributed by atoms with E-state index in [9.17, 15) is 0 Å². The highest BCUT2D eigenvalue weighted by molar-refractivity contribution is 9.10. The summed E-state index contributed by atoms with van der Waals surface area (Å²) in [5.41, 5.74) is 3.36. The zero-order valence-electron chi connectivity index (χ0n) is 12.0. The van der Waals surface area contributed by atoms with Gasteiger partial charge < -0.3 is 5.32 Å². The van der Waals surface area contributed by atoms with Crippen molar-refractivity contribution >= 4 is 27.5 Å². The third kappa shape index (κ3) is 3.43. The summed E-state index contributed by atoms with van der Waals surface area (Å²) in [4.78, 5) is 0. The predicted octanol–water partition coefficient (Wildman–Crippen LogP) is 4.04. The molecule has 2 rings (SSSR count). The average molecular weight is 357 g/mol. The summed E-state index contributed by atoms with van der Waals surface area (Å²) in [7, 11) is 1.88. The summed E-state index contributed by atoms with van der Waals surface area (Å²) in [5, 5.41) is 8.63. The first kappa shape index (κ1) is 15.5. The summed E-state index contributed by atoms with van der Waals surface area (Å²) < 4.78 is 2.82. The van der Waals surface area contributed by atoms with Crippen LogP contribution in [0.3, 0.4) is 0 Å². The summed E-state index contributed by atoms with van der Waals surface area (Å²) in [6.45, 7) is 5.03. The highest BCUT2D eigenvalue weighted by Gasteiger charge is 2.18. The Morgan fingerprint density at radius 2 is 2.20 bits per heavy atom. The second-order valence-electron chi connectivity index (χ2n) is 4.85. The highest BCUT2D eigenvalue weighted by atomic mass is 79.9. The molecule has 0 saturated heterocycles. The Morgan fingerprint density at radius 1 is 1.45 bits per heavy atom. The largest absolute Gasteiger partial charge is 0.310 e. The van der Waals surface area contributed by atoms with E-state index in [-0.39, 0.29) is 6.04 Å². The molecule has 0 bridgehead atoms. The van der Waals surface area contributed by atoms with E-state index in [0.717, 1.165) is 33.8 Å². The number of benzene rings is 1. The quantitative estimate of drug-likeness (QED) is 0.876. The molecular formula is C15H19BrClN3. The van der Waals surface area contributed by atoms with Gasteiger partial charge in [0.2, 0.25) is 0 Å². The van der Waals surface area contributed by atoms with Crippen LogP contribution in [0.2, 0.25) is 5.15 Å². The van der Waals surface area contributed by atoms with Crippen molar-refractivity contribution in [3.63, 3.8) is 0 Å². The molecule has 1 heterocycles. The van der Waals surface area contributed by atoms with E-state index in [1.807, 2.05) is 20.0 Å². The van der Waals surface area contributed by atoms with Gasteiger partial charge in [-0.15, -0.1) is 0 Å². The number of nitrogens with zero attached hydrogens (tertiary/aromatic N) is 2. The van der Waals surface area contributed by atoms with Crippen LogP contribution in [-0.4, -0.2) is 16.3 Å². The number of aryl methyl sites for hydroxylation is 2. The Balaban J connectivity index is 2.30. The number of hydrogen-bond acceptors (Lipinski definition) is 2. The van der Waals surface area contributed by atoms with Crippen molar-refractivity contribution in [2.24, 2.45) is 7.05 Å². The van der Waals surface area contributed by atoms with Crippen LogP contribution in [0.5, 0.6) is 0 Å². The zero-order chi connectivity index (χ0) is 14.7. The molecule has 0 aliphatic rings. The Hall–Kier alpha value is -0.840. The van der Waals surface area contributed by atoms with Crippen LogP contribution >= 0.6 is 27.5 Å². The van der Waals surface area contributed by atoms with E-state index in [1.165, 1.54) is 5.56 Å². The van der Waals surface area contributed by atoms with Crippen molar-refractivity contribution in [2.75, 3.05) is 6.54 Å². The molecule has 108 valence electrons. The van der Waals surface area contributed by atoms with E-state index in [2.05, 4.69) is 51.5 Å². The lowest BCUT2D eigenvalue weighted by Gasteiger charge is -2.18. The molecule has 3 nitrogen and oxygen atoms in total. The lowest BCUT2D eigenvalue weighted by Crippen LogP contribution is -2.23. The van der Waals surface area contributed by atoms with Gasteiger partial charge in [0.15, 0.2) is 0 Å². The molecule has 0 amide bonds. The van der Waals surface area contributed by atoms with Gasteiger partial charge in [-0.2, -0.15) is 5.10 Å². The van der Waals surface area contributed by atoms with Crippen LogP contribution < -0.4 is 5.32 Å². The minimum absolute atomic E-state index is 0.234. The van der Waals surface area contributed by atoms with E-state index in [4.69, 9.17) is 11.6 Å². The van der Waals surface area contributed by atoms with Crippen LogP contribution in [0.4, 0.5) is 0 Å². The van der Waals surface area contributed by atoms with E-state index < -0.39 is 0 Å². The first-order valence-corrected chi connectivity index (χ1v) is 7.86. The van der Waals surface area contributed by atoms with Gasteiger partial charge in [-0.05, 0) is 37.6 Å². The summed E-state index contributed by atoms with van der Waals surface area (Å²) in [6, 6.07) is 8.61. The molecule has 0 aliphatic heterocycles. The summed E-state index contributed by atoms with van der Waals surface area (Å²) >= 11 is 9.87. The molecule has 2 aromatic rings. The lowest BCUT2D eigenvalue weighted by atomic mass is 9.99. The molecule has 1 atom stereocenters. The number of halogens is 2. The lowest BCUT2D eigenvalue weighted by molar-refractivity contribution is 0.548. The number of rotatable bonds is 5. The van der Waals surface area contributed by atoms with Crippen molar-refractivity contribution in [1.82, 2.24) is 15.1 Å². The van der Waals surface area contributed by atoms with Crippen LogP contribution in [-0.2, 0) is 13.5 Å². The minimum atomic E-state index is 0.234. The van der Waals surface area contributed by atoms with Crippen molar-refractivity contribution in [3.05, 3.63) is 50.7 Å². The maximum absolute atomic E-state index is 6.34. The number of aromatic nitrogens is 2. The SMILES string of the molecule is CCNC(Cc1c(C)nn(C)c1Cl)c1cccc(Br)c1. The zero-order valence-corrected chi connectivity index (χ0v) is 14.3. The van der Waals surface area contributed by atoms with E-state index in [0.29, 0.717) is 0 Å². The standard InChI is InChI=1S/C15H19BrClN3/c1-4-18-14(11-6-5-7-12(16)8-11)9-13-10(2)19-20(3)15(13)17/h5-8,14,18H,4,9H2,1-3H3. The number of hydrogen-bond donors (Lipinski definition) is 1. The van der Waals surface area contributed by atoms with Gasteiger partial charge in [-0.3, -0.25) is 4.68 Å². The maximum Gasteiger partial charge on any atom is 0.130 e. The highest BCUT2D eigenvalue weighted by Crippen LogP contribution is 2.27. The first-order valence-electron chi connectivity index (χ1n) is 6.69. The molecule has 0 radical (unpaired) electrons. The molecule has 1 aromatic heterocycles. The fourth-order valence-electron chi connectivity index (χ4n) is 2.39. The molecule has 0 spiro atoms. The summed E-state index contributed by atoms with van der Waals surface area (Å²) in [5.74, 6) is 0. The third-order valence-electron chi connectivity index (χ3n) is 3.38. The van der Waals surface area contributed by atoms with E-state index in [1.54, 1.807) is 4.68 Å². The minimum Gasteiger partial charge on any atom is -0.310 e. The molecule has 0 aliphatic carbocycles. The Bertz CT molecular complexity index is 595. The predicted molar refractivity (Wildman–Crippen MR) is 87.2 cm³/mol.